The van der Waals surface area contributed by atoms with Crippen molar-refractivity contribution in [3.63, 3.8) is 0 Å². The van der Waals surface area contributed by atoms with Crippen molar-refractivity contribution in [2.45, 2.75) is 31.7 Å². The van der Waals surface area contributed by atoms with Crippen molar-refractivity contribution in [3.05, 3.63) is 29.3 Å². The van der Waals surface area contributed by atoms with Crippen molar-refractivity contribution < 1.29 is 18.5 Å². The maximum Gasteiger partial charge on any atom is 0.329 e. The second-order valence-electron chi connectivity index (χ2n) is 4.56. The molecule has 0 aromatic heterocycles. The minimum absolute atomic E-state index is 0.00382. The van der Waals surface area contributed by atoms with Gasteiger partial charge in [0.15, 0.2) is 0 Å². The summed E-state index contributed by atoms with van der Waals surface area (Å²) in [6, 6.07) is 4.67. The zero-order valence-electron chi connectivity index (χ0n) is 12.1. The molecule has 20 heavy (non-hydrogen) atoms. The fourth-order valence-corrected chi connectivity index (χ4v) is 3.19. The highest BCUT2D eigenvalue weighted by molar-refractivity contribution is 7.85. The minimum Gasteiger partial charge on any atom is -0.467 e. The fraction of sp³-hybridized carbons (Fsp3) is 0.429. The van der Waals surface area contributed by atoms with Gasteiger partial charge in [0, 0.05) is 11.8 Å². The molecule has 0 bridgehead atoms. The summed E-state index contributed by atoms with van der Waals surface area (Å²) in [6.07, 6.45) is 0. The topological polar surface area (TPSA) is 72.5 Å². The van der Waals surface area contributed by atoms with Crippen molar-refractivity contribution in [2.24, 2.45) is 0 Å². The number of ether oxygens (including phenoxy) is 1. The lowest BCUT2D eigenvalue weighted by atomic mass is 10.2. The van der Waals surface area contributed by atoms with Gasteiger partial charge in [-0.3, -0.25) is 9.00 Å². The van der Waals surface area contributed by atoms with Gasteiger partial charge in [-0.25, -0.2) is 4.79 Å². The number of methoxy groups -OCH3 is 1. The molecule has 1 amide bonds. The van der Waals surface area contributed by atoms with Crippen LogP contribution >= 0.6 is 0 Å². The Labute approximate surface area is 121 Å². The Kier molecular flexibility index (Phi) is 5.88. The van der Waals surface area contributed by atoms with Crippen molar-refractivity contribution in [3.8, 4) is 0 Å². The van der Waals surface area contributed by atoms with E-state index in [0.29, 0.717) is 4.90 Å². The van der Waals surface area contributed by atoms with Gasteiger partial charge < -0.3 is 10.1 Å². The predicted molar refractivity (Wildman–Crippen MR) is 76.8 cm³/mol. The van der Waals surface area contributed by atoms with Gasteiger partial charge >= 0.3 is 5.97 Å². The van der Waals surface area contributed by atoms with E-state index in [2.05, 4.69) is 10.1 Å². The maximum atomic E-state index is 12.3. The van der Waals surface area contributed by atoms with E-state index in [-0.39, 0.29) is 11.7 Å². The number of hydrogen-bond acceptors (Lipinski definition) is 4. The highest BCUT2D eigenvalue weighted by Crippen LogP contribution is 2.15. The van der Waals surface area contributed by atoms with Crippen molar-refractivity contribution in [1.29, 1.82) is 0 Å². The third-order valence-electron chi connectivity index (χ3n) is 2.76. The van der Waals surface area contributed by atoms with Crippen molar-refractivity contribution >= 4 is 22.7 Å². The van der Waals surface area contributed by atoms with E-state index < -0.39 is 22.8 Å². The van der Waals surface area contributed by atoms with Gasteiger partial charge in [0.2, 0.25) is 5.91 Å². The second-order valence-corrected chi connectivity index (χ2v) is 6.02. The molecular formula is C14H19NO4S. The zero-order chi connectivity index (χ0) is 15.3. The van der Waals surface area contributed by atoms with Crippen LogP contribution in [-0.4, -0.2) is 35.0 Å². The summed E-state index contributed by atoms with van der Waals surface area (Å²) in [6.45, 7) is 5.12. The number of hydrogen-bond donors (Lipinski definition) is 1. The first-order chi connectivity index (χ1) is 9.35. The lowest BCUT2D eigenvalue weighted by Crippen LogP contribution is -2.44. The van der Waals surface area contributed by atoms with E-state index in [1.165, 1.54) is 14.0 Å². The number of carbonyl (C=O) groups excluding carboxylic acids is 2. The van der Waals surface area contributed by atoms with Gasteiger partial charge in [-0.2, -0.15) is 0 Å². The number of aryl methyl sites for hydroxylation is 2. The van der Waals surface area contributed by atoms with Gasteiger partial charge in [-0.05, 0) is 25.5 Å². The Morgan fingerprint density at radius 1 is 1.35 bits per heavy atom. The van der Waals surface area contributed by atoms with E-state index in [1.807, 2.05) is 26.0 Å². The Morgan fingerprint density at radius 3 is 2.50 bits per heavy atom. The Balaban J connectivity index is 2.90. The van der Waals surface area contributed by atoms with E-state index >= 15 is 0 Å². The lowest BCUT2D eigenvalue weighted by molar-refractivity contribution is -0.144. The minimum atomic E-state index is -1.39. The van der Waals surface area contributed by atoms with Crippen LogP contribution < -0.4 is 5.32 Å². The van der Waals surface area contributed by atoms with Crippen LogP contribution in [0.4, 0.5) is 0 Å². The van der Waals surface area contributed by atoms with Crippen LogP contribution in [0.2, 0.25) is 0 Å². The monoisotopic (exact) mass is 297 g/mol. The third kappa shape index (κ3) is 4.45. The van der Waals surface area contributed by atoms with E-state index in [0.717, 1.165) is 11.1 Å². The molecule has 6 heteroatoms. The number of nitrogens with one attached hydrogen (secondary N) is 1. The lowest BCUT2D eigenvalue weighted by Gasteiger charge is -2.15. The van der Waals surface area contributed by atoms with Gasteiger partial charge in [0.25, 0.3) is 0 Å². The molecule has 0 saturated carbocycles. The van der Waals surface area contributed by atoms with Crippen molar-refractivity contribution in [2.75, 3.05) is 12.9 Å². The third-order valence-corrected chi connectivity index (χ3v) is 4.34. The summed E-state index contributed by atoms with van der Waals surface area (Å²) in [4.78, 5) is 23.3. The highest BCUT2D eigenvalue weighted by atomic mass is 32.2. The number of benzene rings is 1. The second kappa shape index (κ2) is 7.19. The van der Waals surface area contributed by atoms with Gasteiger partial charge in [0.05, 0.1) is 23.7 Å². The van der Waals surface area contributed by atoms with Gasteiger partial charge in [-0.15, -0.1) is 0 Å². The van der Waals surface area contributed by atoms with Gasteiger partial charge in [-0.1, -0.05) is 17.7 Å². The largest absolute Gasteiger partial charge is 0.467 e. The summed E-state index contributed by atoms with van der Waals surface area (Å²) in [5.74, 6) is -0.966. The summed E-state index contributed by atoms with van der Waals surface area (Å²) >= 11 is 0. The smallest absolute Gasteiger partial charge is 0.329 e. The summed E-state index contributed by atoms with van der Waals surface area (Å²) in [7, 11) is -0.154. The SMILES string of the molecule is COC(=O)C(CS(=O)c1ccc(C)cc1C)NC(C)=O. The average molecular weight is 297 g/mol. The molecule has 0 radical (unpaired) electrons. The molecule has 0 aliphatic heterocycles. The van der Waals surface area contributed by atoms with E-state index in [1.54, 1.807) is 6.07 Å². The molecule has 1 N–H and O–H groups in total. The van der Waals surface area contributed by atoms with Crippen LogP contribution in [0.15, 0.2) is 23.1 Å². The van der Waals surface area contributed by atoms with E-state index in [9.17, 15) is 13.8 Å². The molecule has 110 valence electrons. The van der Waals surface area contributed by atoms with Crippen LogP contribution in [0.25, 0.3) is 0 Å². The Bertz CT molecular complexity index is 542. The van der Waals surface area contributed by atoms with Crippen LogP contribution in [-0.2, 0) is 25.1 Å². The zero-order valence-corrected chi connectivity index (χ0v) is 12.9. The molecule has 0 aliphatic carbocycles. The molecule has 1 aromatic carbocycles. The molecule has 2 unspecified atom stereocenters. The molecule has 5 nitrogen and oxygen atoms in total. The predicted octanol–water partition coefficient (Wildman–Crippen LogP) is 1.09. The van der Waals surface area contributed by atoms with Crippen LogP contribution in [0, 0.1) is 13.8 Å². The molecule has 0 spiro atoms. The first kappa shape index (κ1) is 16.4. The van der Waals surface area contributed by atoms with Crippen LogP contribution in [0.5, 0.6) is 0 Å². The molecular weight excluding hydrogens is 278 g/mol. The number of amides is 1. The number of carbonyl (C=O) groups is 2. The highest BCUT2D eigenvalue weighted by Gasteiger charge is 2.24. The maximum absolute atomic E-state index is 12.3. The normalized spacial score (nSPS) is 13.4. The molecule has 0 fully saturated rings. The average Bonchev–Trinajstić information content (AvgIpc) is 2.36. The quantitative estimate of drug-likeness (QED) is 0.826. The number of rotatable bonds is 5. The Hall–Kier alpha value is -1.69. The molecule has 1 rings (SSSR count). The van der Waals surface area contributed by atoms with Gasteiger partial charge in [0.1, 0.15) is 6.04 Å². The summed E-state index contributed by atoms with van der Waals surface area (Å²) in [5.41, 5.74) is 1.98. The first-order valence-electron chi connectivity index (χ1n) is 6.15. The Morgan fingerprint density at radius 2 is 2.00 bits per heavy atom. The van der Waals surface area contributed by atoms with Crippen molar-refractivity contribution in [1.82, 2.24) is 5.32 Å². The summed E-state index contributed by atoms with van der Waals surface area (Å²) < 4.78 is 17.0. The fourth-order valence-electron chi connectivity index (χ4n) is 1.85. The molecule has 0 saturated heterocycles. The summed E-state index contributed by atoms with van der Waals surface area (Å²) in [5, 5.41) is 2.46. The molecule has 2 atom stereocenters. The number of esters is 1. The standard InChI is InChI=1S/C14H19NO4S/c1-9-5-6-13(10(2)7-9)20(18)8-12(14(17)19-4)15-11(3)16/h5-7,12H,8H2,1-4H3,(H,15,16). The first-order valence-corrected chi connectivity index (χ1v) is 7.47. The molecule has 0 heterocycles. The molecule has 1 aromatic rings. The van der Waals surface area contributed by atoms with Crippen LogP contribution in [0.1, 0.15) is 18.1 Å². The van der Waals surface area contributed by atoms with Crippen LogP contribution in [0.3, 0.4) is 0 Å². The van der Waals surface area contributed by atoms with E-state index in [4.69, 9.17) is 0 Å². The molecule has 0 aliphatic rings.